The number of carbonyl (C=O) groups is 1. The largest absolute Gasteiger partial charge is 0.341 e. The van der Waals surface area contributed by atoms with Crippen LogP contribution in [-0.2, 0) is 11.3 Å². The molecule has 2 aliphatic carbocycles. The molecule has 1 aromatic carbocycles. The second kappa shape index (κ2) is 5.91. The lowest BCUT2D eigenvalue weighted by molar-refractivity contribution is -0.136. The molecule has 0 saturated heterocycles. The number of benzene rings is 1. The summed E-state index contributed by atoms with van der Waals surface area (Å²) in [4.78, 5) is 14.7. The summed E-state index contributed by atoms with van der Waals surface area (Å²) in [5, 5.41) is 4.25. The van der Waals surface area contributed by atoms with E-state index >= 15 is 0 Å². The Kier molecular flexibility index (Phi) is 3.73. The zero-order chi connectivity index (χ0) is 16.7. The van der Waals surface area contributed by atoms with Crippen molar-refractivity contribution in [2.24, 2.45) is 23.5 Å². The molecule has 1 fully saturated rings. The molecule has 2 aromatic rings. The van der Waals surface area contributed by atoms with Crippen molar-refractivity contribution in [1.29, 1.82) is 0 Å². The number of hydrogen-bond donors (Lipinski definition) is 1. The van der Waals surface area contributed by atoms with Crippen molar-refractivity contribution >= 4 is 5.91 Å². The minimum atomic E-state index is -0.0701. The highest BCUT2D eigenvalue weighted by Gasteiger charge is 2.47. The van der Waals surface area contributed by atoms with Gasteiger partial charge in [0.15, 0.2) is 0 Å². The number of amides is 1. The fourth-order valence-corrected chi connectivity index (χ4v) is 4.03. The van der Waals surface area contributed by atoms with Crippen molar-refractivity contribution in [1.82, 2.24) is 14.7 Å². The highest BCUT2D eigenvalue weighted by Crippen LogP contribution is 2.43. The van der Waals surface area contributed by atoms with Crippen molar-refractivity contribution in [3.8, 4) is 5.69 Å². The van der Waals surface area contributed by atoms with Crippen molar-refractivity contribution < 1.29 is 4.79 Å². The molecule has 0 spiro atoms. The normalized spacial score (nSPS) is 27.6. The lowest BCUT2D eigenvalue weighted by atomic mass is 9.88. The van der Waals surface area contributed by atoms with Gasteiger partial charge in [0, 0.05) is 32.0 Å². The first kappa shape index (κ1) is 15.1. The van der Waals surface area contributed by atoms with E-state index in [0.29, 0.717) is 18.4 Å². The summed E-state index contributed by atoms with van der Waals surface area (Å²) in [6, 6.07) is 9.97. The topological polar surface area (TPSA) is 64.2 Å². The van der Waals surface area contributed by atoms with Crippen LogP contribution in [0.25, 0.3) is 5.69 Å². The maximum absolute atomic E-state index is 12.9. The quantitative estimate of drug-likeness (QED) is 0.876. The van der Waals surface area contributed by atoms with Gasteiger partial charge in [-0.2, -0.15) is 5.10 Å². The Hall–Kier alpha value is -2.40. The monoisotopic (exact) mass is 322 g/mol. The summed E-state index contributed by atoms with van der Waals surface area (Å²) in [5.74, 6) is 0.777. The summed E-state index contributed by atoms with van der Waals surface area (Å²) in [6.45, 7) is 0.582. The molecule has 24 heavy (non-hydrogen) atoms. The van der Waals surface area contributed by atoms with E-state index in [0.717, 1.165) is 17.7 Å². The molecule has 0 radical (unpaired) electrons. The van der Waals surface area contributed by atoms with Crippen LogP contribution >= 0.6 is 0 Å². The number of rotatable bonds is 4. The van der Waals surface area contributed by atoms with Gasteiger partial charge in [0.25, 0.3) is 0 Å². The minimum Gasteiger partial charge on any atom is -0.341 e. The van der Waals surface area contributed by atoms with Gasteiger partial charge in [0.2, 0.25) is 5.91 Å². The Morgan fingerprint density at radius 1 is 1.33 bits per heavy atom. The summed E-state index contributed by atoms with van der Waals surface area (Å²) >= 11 is 0. The number of allylic oxidation sites excluding steroid dienone is 1. The molecule has 1 saturated carbocycles. The number of nitrogens with two attached hydrogens (primary N) is 1. The van der Waals surface area contributed by atoms with E-state index in [4.69, 9.17) is 5.73 Å². The van der Waals surface area contributed by atoms with Crippen LogP contribution in [0.4, 0.5) is 0 Å². The first-order chi connectivity index (χ1) is 11.6. The summed E-state index contributed by atoms with van der Waals surface area (Å²) in [6.07, 6.45) is 9.04. The molecule has 2 N–H and O–H groups in total. The fourth-order valence-electron chi connectivity index (χ4n) is 4.03. The van der Waals surface area contributed by atoms with Gasteiger partial charge in [0.1, 0.15) is 0 Å². The Morgan fingerprint density at radius 3 is 2.88 bits per heavy atom. The lowest BCUT2D eigenvalue weighted by Crippen LogP contribution is -2.44. The molecule has 2 bridgehead atoms. The second-order valence-electron chi connectivity index (χ2n) is 6.87. The number of fused-ring (bicyclic) bond motifs is 2. The van der Waals surface area contributed by atoms with E-state index in [9.17, 15) is 4.79 Å². The van der Waals surface area contributed by atoms with E-state index in [1.54, 1.807) is 11.1 Å². The van der Waals surface area contributed by atoms with Crippen molar-refractivity contribution in [2.75, 3.05) is 7.05 Å². The van der Waals surface area contributed by atoms with Crippen molar-refractivity contribution in [2.45, 2.75) is 19.0 Å². The van der Waals surface area contributed by atoms with Crippen molar-refractivity contribution in [3.05, 3.63) is 60.4 Å². The van der Waals surface area contributed by atoms with E-state index < -0.39 is 0 Å². The van der Waals surface area contributed by atoms with Crippen LogP contribution in [0.5, 0.6) is 0 Å². The van der Waals surface area contributed by atoms with Gasteiger partial charge in [-0.05, 0) is 42.0 Å². The van der Waals surface area contributed by atoms with Crippen LogP contribution in [0.1, 0.15) is 12.0 Å². The summed E-state index contributed by atoms with van der Waals surface area (Å²) < 4.78 is 1.82. The zero-order valence-corrected chi connectivity index (χ0v) is 13.7. The van der Waals surface area contributed by atoms with Crippen molar-refractivity contribution in [3.63, 3.8) is 0 Å². The van der Waals surface area contributed by atoms with Gasteiger partial charge in [-0.15, -0.1) is 0 Å². The Bertz CT molecular complexity index is 767. The molecule has 1 aromatic heterocycles. The Labute approximate surface area is 141 Å². The average Bonchev–Trinajstić information content (AvgIpc) is 3.32. The van der Waals surface area contributed by atoms with Gasteiger partial charge in [-0.25, -0.2) is 4.68 Å². The van der Waals surface area contributed by atoms with E-state index in [2.05, 4.69) is 23.3 Å². The third-order valence-electron chi connectivity index (χ3n) is 5.28. The third kappa shape index (κ3) is 2.55. The first-order valence-corrected chi connectivity index (χ1v) is 8.41. The number of aromatic nitrogens is 2. The van der Waals surface area contributed by atoms with Crippen LogP contribution < -0.4 is 5.73 Å². The molecule has 1 amide bonds. The number of nitrogens with zero attached hydrogens (tertiary/aromatic N) is 3. The SMILES string of the molecule is CN(Cc1cccc(-n2cccn2)c1)C(=O)[C@H]1[C@@H](N)[C@H]2C=C[C@@H]1C2. The third-order valence-corrected chi connectivity index (χ3v) is 5.28. The molecule has 1 heterocycles. The van der Waals surface area contributed by atoms with Crippen LogP contribution in [0.2, 0.25) is 0 Å². The number of carbonyl (C=O) groups excluding carboxylic acids is 1. The standard InChI is InChI=1S/C19H22N4O/c1-22(19(24)17-14-6-7-15(11-14)18(17)20)12-13-4-2-5-16(10-13)23-9-3-8-21-23/h2-10,14-15,17-18H,11-12,20H2,1H3/t14-,15+,17-,18+/m1/s1. The highest BCUT2D eigenvalue weighted by molar-refractivity contribution is 5.81. The molecule has 5 nitrogen and oxygen atoms in total. The van der Waals surface area contributed by atoms with Crippen LogP contribution in [0.3, 0.4) is 0 Å². The van der Waals surface area contributed by atoms with Crippen LogP contribution in [-0.4, -0.2) is 33.7 Å². The van der Waals surface area contributed by atoms with Gasteiger partial charge in [-0.3, -0.25) is 4.79 Å². The molecule has 5 heteroatoms. The summed E-state index contributed by atoms with van der Waals surface area (Å²) in [5.41, 5.74) is 8.36. The molecular weight excluding hydrogens is 300 g/mol. The fraction of sp³-hybridized carbons (Fsp3) is 0.368. The Balaban J connectivity index is 1.48. The first-order valence-electron chi connectivity index (χ1n) is 8.41. The predicted molar refractivity (Wildman–Crippen MR) is 92.2 cm³/mol. The highest BCUT2D eigenvalue weighted by atomic mass is 16.2. The molecule has 0 unspecified atom stereocenters. The number of hydrogen-bond acceptors (Lipinski definition) is 3. The maximum Gasteiger partial charge on any atom is 0.227 e. The zero-order valence-electron chi connectivity index (χ0n) is 13.7. The molecule has 4 rings (SSSR count). The lowest BCUT2D eigenvalue weighted by Gasteiger charge is -2.28. The average molecular weight is 322 g/mol. The maximum atomic E-state index is 12.9. The van der Waals surface area contributed by atoms with E-state index in [1.165, 1.54) is 0 Å². The smallest absolute Gasteiger partial charge is 0.227 e. The summed E-state index contributed by atoms with van der Waals surface area (Å²) in [7, 11) is 1.87. The van der Waals surface area contributed by atoms with Crippen LogP contribution in [0.15, 0.2) is 54.9 Å². The molecule has 2 aliphatic rings. The molecule has 4 atom stereocenters. The van der Waals surface area contributed by atoms with E-state index in [-0.39, 0.29) is 17.9 Å². The molecular formula is C19H22N4O. The predicted octanol–water partition coefficient (Wildman–Crippen LogP) is 1.98. The minimum absolute atomic E-state index is 0.0367. The van der Waals surface area contributed by atoms with Gasteiger partial charge in [-0.1, -0.05) is 24.3 Å². The van der Waals surface area contributed by atoms with Crippen LogP contribution in [0, 0.1) is 17.8 Å². The van der Waals surface area contributed by atoms with Gasteiger partial charge in [0.05, 0.1) is 11.6 Å². The van der Waals surface area contributed by atoms with Gasteiger partial charge < -0.3 is 10.6 Å². The second-order valence-corrected chi connectivity index (χ2v) is 6.87. The van der Waals surface area contributed by atoms with Gasteiger partial charge >= 0.3 is 0 Å². The molecule has 124 valence electrons. The molecule has 0 aliphatic heterocycles. The van der Waals surface area contributed by atoms with E-state index in [1.807, 2.05) is 42.2 Å². The Morgan fingerprint density at radius 2 is 2.17 bits per heavy atom.